The second-order valence-electron chi connectivity index (χ2n) is 2.91. The van der Waals surface area contributed by atoms with Crippen molar-refractivity contribution >= 4 is 21.4 Å². The van der Waals surface area contributed by atoms with Crippen molar-refractivity contribution in [3.05, 3.63) is 9.91 Å². The molecule has 1 rings (SSSR count). The summed E-state index contributed by atoms with van der Waals surface area (Å²) in [6.45, 7) is 4.77. The van der Waals surface area contributed by atoms with E-state index < -0.39 is 21.4 Å². The Morgan fingerprint density at radius 3 is 2.50 bits per heavy atom. The van der Waals surface area contributed by atoms with Crippen LogP contribution in [0.4, 0.5) is 0 Å². The van der Waals surface area contributed by atoms with E-state index in [1.54, 1.807) is 4.18 Å². The van der Waals surface area contributed by atoms with Crippen LogP contribution in [-0.4, -0.2) is 21.4 Å². The Morgan fingerprint density at radius 1 is 1.50 bits per heavy atom. The van der Waals surface area contributed by atoms with E-state index in [9.17, 15) is 0 Å². The zero-order valence-corrected chi connectivity index (χ0v) is 9.02. The van der Waals surface area contributed by atoms with Gasteiger partial charge in [0, 0.05) is 0 Å². The van der Waals surface area contributed by atoms with Gasteiger partial charge in [-0.3, -0.25) is 0 Å². The molecule has 44 valence electrons. The summed E-state index contributed by atoms with van der Waals surface area (Å²) in [6.07, 6.45) is 3.79. The van der Waals surface area contributed by atoms with Crippen LogP contribution in [0.5, 0.6) is 0 Å². The predicted molar refractivity (Wildman–Crippen MR) is 39.4 cm³/mol. The quantitative estimate of drug-likeness (QED) is 0.625. The second kappa shape index (κ2) is 2.95. The van der Waals surface area contributed by atoms with Crippen LogP contribution in [0, 0.1) is 0 Å². The van der Waals surface area contributed by atoms with Crippen molar-refractivity contribution in [3.8, 4) is 0 Å². The third-order valence-corrected chi connectivity index (χ3v) is 11.8. The van der Waals surface area contributed by atoms with Crippen molar-refractivity contribution in [3.63, 3.8) is 0 Å². The topological polar surface area (TPSA) is 0 Å². The van der Waals surface area contributed by atoms with Crippen molar-refractivity contribution in [2.75, 3.05) is 0 Å². The van der Waals surface area contributed by atoms with Crippen LogP contribution in [0.1, 0.15) is 20.3 Å². The van der Waals surface area contributed by atoms with Crippen LogP contribution < -0.4 is 0 Å². The van der Waals surface area contributed by atoms with Gasteiger partial charge in [-0.2, -0.15) is 0 Å². The van der Waals surface area contributed by atoms with Crippen molar-refractivity contribution in [1.29, 1.82) is 0 Å². The summed E-state index contributed by atoms with van der Waals surface area (Å²) in [5, 5.41) is 0. The molecule has 1 heterocycles. The van der Waals surface area contributed by atoms with Crippen LogP contribution in [0.25, 0.3) is 0 Å². The summed E-state index contributed by atoms with van der Waals surface area (Å²) in [5.41, 5.74) is 0. The molecule has 0 aromatic heterocycles. The SMILES string of the molecule is C[CH](C)[In]1[CH]=CC[CH2]1. The molecule has 0 amide bonds. The number of hydrogen-bond donors (Lipinski definition) is 0. The second-order valence-corrected chi connectivity index (χ2v) is 13.3. The zero-order valence-electron chi connectivity index (χ0n) is 5.72. The molecular formula is C7H13In. The van der Waals surface area contributed by atoms with Gasteiger partial charge >= 0.3 is 59.5 Å². The molecule has 0 atom stereocenters. The first-order valence-electron chi connectivity index (χ1n) is 3.47. The normalized spacial score (nSPS) is 18.6. The van der Waals surface area contributed by atoms with E-state index in [1.807, 2.05) is 0 Å². The van der Waals surface area contributed by atoms with Crippen LogP contribution >= 0.6 is 0 Å². The predicted octanol–water partition coefficient (Wildman–Crippen LogP) is 2.39. The first-order chi connectivity index (χ1) is 3.80. The van der Waals surface area contributed by atoms with E-state index >= 15 is 0 Å². The Hall–Kier alpha value is 0.610. The van der Waals surface area contributed by atoms with E-state index in [1.165, 1.54) is 6.42 Å². The van der Waals surface area contributed by atoms with Gasteiger partial charge in [-0.05, 0) is 0 Å². The summed E-state index contributed by atoms with van der Waals surface area (Å²) < 4.78 is 5.22. The maximum atomic E-state index is 2.56. The molecule has 0 aromatic carbocycles. The molecule has 0 bridgehead atoms. The van der Waals surface area contributed by atoms with Crippen molar-refractivity contribution in [2.45, 2.75) is 28.1 Å². The summed E-state index contributed by atoms with van der Waals surface area (Å²) in [6, 6.07) is 0. The molecular weight excluding hydrogens is 199 g/mol. The molecule has 1 heteroatoms. The van der Waals surface area contributed by atoms with E-state index in [0.29, 0.717) is 0 Å². The van der Waals surface area contributed by atoms with Gasteiger partial charge < -0.3 is 0 Å². The molecule has 0 nitrogen and oxygen atoms in total. The minimum absolute atomic E-state index is 0.959. The molecule has 0 fully saturated rings. The van der Waals surface area contributed by atoms with Crippen molar-refractivity contribution < 1.29 is 0 Å². The monoisotopic (exact) mass is 212 g/mol. The van der Waals surface area contributed by atoms with Gasteiger partial charge in [0.15, 0.2) is 0 Å². The van der Waals surface area contributed by atoms with Gasteiger partial charge in [-0.15, -0.1) is 0 Å². The fourth-order valence-corrected chi connectivity index (χ4v) is 8.13. The Morgan fingerprint density at radius 2 is 2.25 bits per heavy atom. The summed E-state index contributed by atoms with van der Waals surface area (Å²) in [5.74, 6) is 0. The average molecular weight is 212 g/mol. The van der Waals surface area contributed by atoms with E-state index in [4.69, 9.17) is 0 Å². The Bertz CT molecular complexity index is 94.6. The molecule has 1 aliphatic rings. The first-order valence-corrected chi connectivity index (χ1v) is 9.61. The molecule has 8 heavy (non-hydrogen) atoms. The van der Waals surface area contributed by atoms with Gasteiger partial charge in [0.25, 0.3) is 0 Å². The molecule has 0 saturated heterocycles. The van der Waals surface area contributed by atoms with E-state index in [0.717, 1.165) is 3.67 Å². The molecule has 0 aliphatic carbocycles. The van der Waals surface area contributed by atoms with Crippen LogP contribution in [0.2, 0.25) is 7.85 Å². The molecule has 0 saturated carbocycles. The number of hydrogen-bond acceptors (Lipinski definition) is 0. The summed E-state index contributed by atoms with van der Waals surface area (Å²) in [4.78, 5) is 0. The third kappa shape index (κ3) is 1.54. The van der Waals surface area contributed by atoms with Gasteiger partial charge in [-0.1, -0.05) is 0 Å². The molecule has 0 radical (unpaired) electrons. The first kappa shape index (κ1) is 6.73. The Labute approximate surface area is 59.5 Å². The number of allylic oxidation sites excluding steroid dienone is 1. The van der Waals surface area contributed by atoms with Gasteiger partial charge in [0.2, 0.25) is 0 Å². The average Bonchev–Trinajstić information content (AvgIpc) is 2.12. The van der Waals surface area contributed by atoms with Gasteiger partial charge in [0.05, 0.1) is 0 Å². The molecule has 0 N–H and O–H groups in total. The molecule has 0 aromatic rings. The van der Waals surface area contributed by atoms with E-state index in [-0.39, 0.29) is 0 Å². The minimum atomic E-state index is -0.959. The van der Waals surface area contributed by atoms with Crippen molar-refractivity contribution in [1.82, 2.24) is 0 Å². The molecule has 1 aliphatic heterocycles. The Kier molecular flexibility index (Phi) is 2.48. The fourth-order valence-electron chi connectivity index (χ4n) is 1.21. The van der Waals surface area contributed by atoms with E-state index in [2.05, 4.69) is 23.8 Å². The van der Waals surface area contributed by atoms with Crippen LogP contribution in [0.15, 0.2) is 9.91 Å². The van der Waals surface area contributed by atoms with Gasteiger partial charge in [-0.25, -0.2) is 0 Å². The van der Waals surface area contributed by atoms with Gasteiger partial charge in [0.1, 0.15) is 0 Å². The summed E-state index contributed by atoms with van der Waals surface area (Å²) in [7, 11) is 0. The van der Waals surface area contributed by atoms with Crippen LogP contribution in [0.3, 0.4) is 0 Å². The number of rotatable bonds is 1. The van der Waals surface area contributed by atoms with Crippen LogP contribution in [-0.2, 0) is 0 Å². The molecule has 0 unspecified atom stereocenters. The maximum absolute atomic E-state index is 2.56. The zero-order chi connectivity index (χ0) is 5.98. The summed E-state index contributed by atoms with van der Waals surface area (Å²) >= 11 is -0.959. The Balaban J connectivity index is 2.36. The molecule has 0 spiro atoms. The fraction of sp³-hybridized carbons (Fsp3) is 0.714. The van der Waals surface area contributed by atoms with Crippen molar-refractivity contribution in [2.24, 2.45) is 0 Å². The third-order valence-electron chi connectivity index (χ3n) is 1.91. The standard InChI is InChI=1S/C4H6.C3H7.In/c1-3-4-2;1-3-2;/h1,3H,2,4H2;3H,1-2H3;.